The van der Waals surface area contributed by atoms with Gasteiger partial charge < -0.3 is 30.9 Å². The van der Waals surface area contributed by atoms with Crippen LogP contribution in [0.15, 0.2) is 97.1 Å². The topological polar surface area (TPSA) is 126 Å². The monoisotopic (exact) mass is 758 g/mol. The molecule has 296 valence electrons. The lowest BCUT2D eigenvalue weighted by molar-refractivity contribution is -0.253. The quantitative estimate of drug-likeness (QED) is 0.0749. The maximum absolute atomic E-state index is 12.6. The van der Waals surface area contributed by atoms with Crippen LogP contribution in [0.2, 0.25) is 0 Å². The van der Waals surface area contributed by atoms with Crippen molar-refractivity contribution in [1.82, 2.24) is 10.2 Å². The summed E-state index contributed by atoms with van der Waals surface area (Å²) in [4.78, 5) is 27.6. The number of fused-ring (bicyclic) bond motifs is 2. The number of carbonyl (C=O) groups excluding carboxylic acids is 2. The summed E-state index contributed by atoms with van der Waals surface area (Å²) in [6, 6.07) is 32.5. The Morgan fingerprint density at radius 1 is 0.821 bits per heavy atom. The van der Waals surface area contributed by atoms with Crippen molar-refractivity contribution in [3.05, 3.63) is 119 Å². The number of nitrogens with two attached hydrogens (primary N) is 1. The Hall–Kier alpha value is -4.54. The third-order valence-corrected chi connectivity index (χ3v) is 11.8. The first-order valence-electron chi connectivity index (χ1n) is 20.3. The van der Waals surface area contributed by atoms with E-state index in [0.29, 0.717) is 60.5 Å². The smallest absolute Gasteiger partial charge is 0.224 e. The summed E-state index contributed by atoms with van der Waals surface area (Å²) in [7, 11) is 0. The summed E-state index contributed by atoms with van der Waals surface area (Å²) in [5, 5.41) is 15.5. The maximum Gasteiger partial charge on any atom is 0.224 e. The second-order valence-corrected chi connectivity index (χ2v) is 17.4. The number of aliphatic hydroxyl groups is 1. The molecule has 0 aromatic heterocycles. The van der Waals surface area contributed by atoms with Crippen molar-refractivity contribution in [3.8, 4) is 11.1 Å². The van der Waals surface area contributed by atoms with E-state index in [-0.39, 0.29) is 30.6 Å². The Labute approximate surface area is 332 Å². The fourth-order valence-corrected chi connectivity index (χ4v) is 9.46. The molecule has 1 saturated carbocycles. The van der Waals surface area contributed by atoms with Gasteiger partial charge in [0.15, 0.2) is 6.29 Å². The molecule has 4 aromatic carbocycles. The fraction of sp³-hybridized carbons (Fsp3) is 0.447. The number of benzene rings is 4. The van der Waals surface area contributed by atoms with Gasteiger partial charge in [-0.3, -0.25) is 14.5 Å². The molecule has 0 radical (unpaired) electrons. The van der Waals surface area contributed by atoms with Crippen molar-refractivity contribution >= 4 is 23.2 Å². The Kier molecular flexibility index (Phi) is 12.3. The van der Waals surface area contributed by atoms with Gasteiger partial charge in [-0.05, 0) is 89.0 Å². The third kappa shape index (κ3) is 10.1. The summed E-state index contributed by atoms with van der Waals surface area (Å²) in [6.07, 6.45) is 5.87. The number of ether oxygens (including phenoxy) is 2. The third-order valence-electron chi connectivity index (χ3n) is 11.8. The van der Waals surface area contributed by atoms with Gasteiger partial charge in [-0.1, -0.05) is 99.6 Å². The van der Waals surface area contributed by atoms with E-state index in [1.165, 1.54) is 19.3 Å². The molecule has 1 aliphatic carbocycles. The maximum atomic E-state index is 12.6. The van der Waals surface area contributed by atoms with Gasteiger partial charge in [0.2, 0.25) is 11.8 Å². The minimum atomic E-state index is -0.502. The Morgan fingerprint density at radius 3 is 2.30 bits per heavy atom. The Bertz CT molecular complexity index is 1960. The predicted octanol–water partition coefficient (Wildman–Crippen LogP) is 8.69. The van der Waals surface area contributed by atoms with Crippen LogP contribution in [-0.2, 0) is 32.2 Å². The number of amides is 2. The van der Waals surface area contributed by atoms with Crippen molar-refractivity contribution in [3.63, 3.8) is 0 Å². The van der Waals surface area contributed by atoms with E-state index in [9.17, 15) is 14.7 Å². The minimum Gasteiger partial charge on any atom is -0.397 e. The zero-order valence-corrected chi connectivity index (χ0v) is 33.1. The highest BCUT2D eigenvalue weighted by Crippen LogP contribution is 2.53. The molecule has 7 rings (SSSR count). The molecule has 2 aliphatic heterocycles. The molecule has 3 fully saturated rings. The number of rotatable bonds is 14. The van der Waals surface area contributed by atoms with E-state index in [1.807, 2.05) is 36.4 Å². The molecular weight excluding hydrogens is 701 g/mol. The zero-order valence-electron chi connectivity index (χ0n) is 33.1. The van der Waals surface area contributed by atoms with Crippen molar-refractivity contribution in [1.29, 1.82) is 0 Å². The second kappa shape index (κ2) is 17.3. The van der Waals surface area contributed by atoms with Gasteiger partial charge in [-0.25, -0.2) is 0 Å². The lowest BCUT2D eigenvalue weighted by atomic mass is 9.65. The van der Waals surface area contributed by atoms with E-state index < -0.39 is 6.29 Å². The van der Waals surface area contributed by atoms with Crippen molar-refractivity contribution in [2.45, 2.75) is 110 Å². The summed E-state index contributed by atoms with van der Waals surface area (Å²) < 4.78 is 13.5. The number of para-hydroxylation sites is 2. The van der Waals surface area contributed by atoms with Gasteiger partial charge in [0.1, 0.15) is 0 Å². The number of nitrogens with one attached hydrogen (secondary N) is 2. The van der Waals surface area contributed by atoms with Crippen LogP contribution in [-0.4, -0.2) is 47.1 Å². The van der Waals surface area contributed by atoms with Gasteiger partial charge in [-0.15, -0.1) is 0 Å². The largest absolute Gasteiger partial charge is 0.397 e. The number of aliphatic hydroxyl groups excluding tert-OH is 1. The van der Waals surface area contributed by atoms with Gasteiger partial charge in [0.05, 0.1) is 30.2 Å². The number of nitrogen functional groups attached to an aromatic ring is 1. The van der Waals surface area contributed by atoms with Crippen LogP contribution in [0.25, 0.3) is 11.1 Å². The number of nitrogens with zero attached hydrogens (tertiary/aromatic N) is 1. The van der Waals surface area contributed by atoms with Crippen LogP contribution in [0, 0.1) is 10.8 Å². The SMILES string of the molecule is CC1(C)CC2CC(C)(CN2CC2CC(c3ccc(CO)cc3)OC(c3ccc(-c4cccc(CNC(=O)CCCCC(=O)Nc5ccccc5N)c4)cc3)O2)C1. The van der Waals surface area contributed by atoms with Crippen molar-refractivity contribution in [2.75, 3.05) is 24.1 Å². The zero-order chi connectivity index (χ0) is 39.3. The number of unbranched alkanes of at least 4 members (excludes halogenated alkanes) is 1. The lowest BCUT2D eigenvalue weighted by Gasteiger charge is -2.41. The van der Waals surface area contributed by atoms with Crippen LogP contribution in [0.1, 0.15) is 107 Å². The van der Waals surface area contributed by atoms with Gasteiger partial charge in [0, 0.05) is 50.5 Å². The molecule has 2 bridgehead atoms. The molecular formula is C47H58N4O5. The van der Waals surface area contributed by atoms with E-state index in [0.717, 1.165) is 52.9 Å². The molecule has 9 nitrogen and oxygen atoms in total. The molecule has 0 spiro atoms. The molecule has 3 aliphatic rings. The first-order chi connectivity index (χ1) is 26.9. The summed E-state index contributed by atoms with van der Waals surface area (Å²) in [5.41, 5.74) is 13.9. The Morgan fingerprint density at radius 2 is 1.55 bits per heavy atom. The summed E-state index contributed by atoms with van der Waals surface area (Å²) >= 11 is 0. The van der Waals surface area contributed by atoms with Crippen LogP contribution >= 0.6 is 0 Å². The number of anilines is 2. The molecule has 2 amide bonds. The van der Waals surface area contributed by atoms with E-state index in [2.05, 4.69) is 84.8 Å². The predicted molar refractivity (Wildman–Crippen MR) is 221 cm³/mol. The second-order valence-electron chi connectivity index (χ2n) is 17.4. The molecule has 2 saturated heterocycles. The average Bonchev–Trinajstić information content (AvgIpc) is 3.43. The summed E-state index contributed by atoms with van der Waals surface area (Å²) in [6.45, 7) is 9.77. The minimum absolute atomic E-state index is 0.0189. The molecule has 4 aromatic rings. The standard InChI is InChI=1S/C47H58N4O5/c1-46(2)25-38-26-47(3,30-46)31-51(38)28-39-24-42(35-17-15-32(29-52)16-18-35)56-45(55-39)36-21-19-34(20-22-36)37-10-8-9-33(23-37)27-49-43(53)13-6-7-14-44(54)50-41-12-5-4-11-40(41)48/h4-5,8-12,15-23,38-39,42,45,52H,6-7,13-14,24-31,48H2,1-3H3,(H,49,53)(H,50,54). The summed E-state index contributed by atoms with van der Waals surface area (Å²) in [5.74, 6) is -0.143. The number of hydrogen-bond acceptors (Lipinski definition) is 7. The molecule has 2 heterocycles. The van der Waals surface area contributed by atoms with Gasteiger partial charge >= 0.3 is 0 Å². The van der Waals surface area contributed by atoms with E-state index in [4.69, 9.17) is 15.2 Å². The van der Waals surface area contributed by atoms with Crippen molar-refractivity contribution in [2.24, 2.45) is 10.8 Å². The normalized spacial score (nSPS) is 24.4. The van der Waals surface area contributed by atoms with Crippen LogP contribution in [0.3, 0.4) is 0 Å². The molecule has 5 atom stereocenters. The molecule has 5 N–H and O–H groups in total. The first kappa shape index (κ1) is 39.7. The van der Waals surface area contributed by atoms with Crippen LogP contribution in [0.5, 0.6) is 0 Å². The average molecular weight is 759 g/mol. The van der Waals surface area contributed by atoms with E-state index in [1.54, 1.807) is 12.1 Å². The first-order valence-corrected chi connectivity index (χ1v) is 20.3. The van der Waals surface area contributed by atoms with Crippen LogP contribution in [0.4, 0.5) is 11.4 Å². The van der Waals surface area contributed by atoms with Gasteiger partial charge in [-0.2, -0.15) is 0 Å². The van der Waals surface area contributed by atoms with Gasteiger partial charge in [0.25, 0.3) is 0 Å². The highest BCUT2D eigenvalue weighted by molar-refractivity contribution is 5.93. The molecule has 5 unspecified atom stereocenters. The number of hydrogen-bond donors (Lipinski definition) is 4. The lowest BCUT2D eigenvalue weighted by Crippen LogP contribution is -2.42. The highest BCUT2D eigenvalue weighted by Gasteiger charge is 2.50. The van der Waals surface area contributed by atoms with Crippen LogP contribution < -0.4 is 16.4 Å². The highest BCUT2D eigenvalue weighted by atomic mass is 16.7. The fourth-order valence-electron chi connectivity index (χ4n) is 9.46. The molecule has 9 heteroatoms. The van der Waals surface area contributed by atoms with E-state index >= 15 is 0 Å². The number of carbonyl (C=O) groups is 2. The Balaban J connectivity index is 0.946. The molecule has 56 heavy (non-hydrogen) atoms. The number of likely N-dealkylation sites (tertiary alicyclic amines) is 1. The van der Waals surface area contributed by atoms with Crippen molar-refractivity contribution < 1.29 is 24.2 Å².